The van der Waals surface area contributed by atoms with Crippen molar-refractivity contribution in [1.82, 2.24) is 0 Å². The van der Waals surface area contributed by atoms with E-state index < -0.39 is 11.6 Å². The van der Waals surface area contributed by atoms with Gasteiger partial charge in [0.1, 0.15) is 24.0 Å². The van der Waals surface area contributed by atoms with Gasteiger partial charge in [-0.1, -0.05) is 31.9 Å². The molecule has 0 aromatic heterocycles. The van der Waals surface area contributed by atoms with Gasteiger partial charge < -0.3 is 4.74 Å². The van der Waals surface area contributed by atoms with Crippen LogP contribution in [0.15, 0.2) is 39.3 Å². The summed E-state index contributed by atoms with van der Waals surface area (Å²) in [5.74, 6) is -0.701. The zero-order valence-corrected chi connectivity index (χ0v) is 14.9. The van der Waals surface area contributed by atoms with Crippen LogP contribution in [0.4, 0.5) is 8.78 Å². The van der Waals surface area contributed by atoms with Crippen LogP contribution in [0.2, 0.25) is 0 Å². The van der Waals surface area contributed by atoms with Crippen LogP contribution in [0.25, 0.3) is 0 Å². The molecule has 0 aliphatic rings. The Kier molecular flexibility index (Phi) is 5.57. The maximum Gasteiger partial charge on any atom is 0.146 e. The van der Waals surface area contributed by atoms with Gasteiger partial charge in [0.2, 0.25) is 0 Å². The summed E-state index contributed by atoms with van der Waals surface area (Å²) < 4.78 is 34.0. The van der Waals surface area contributed by atoms with Crippen LogP contribution in [0, 0.1) is 11.6 Å². The minimum absolute atomic E-state index is 0.0947. The molecule has 0 spiro atoms. The van der Waals surface area contributed by atoms with Crippen molar-refractivity contribution < 1.29 is 13.5 Å². The van der Waals surface area contributed by atoms with Crippen LogP contribution in [0.3, 0.4) is 0 Å². The Balaban J connectivity index is 2.19. The molecule has 0 saturated carbocycles. The number of hydrogen-bond acceptors (Lipinski definition) is 1. The van der Waals surface area contributed by atoms with E-state index in [1.165, 1.54) is 12.1 Å². The first kappa shape index (κ1) is 15.9. The molecule has 6 heteroatoms. The Morgan fingerprint density at radius 3 is 2.40 bits per heavy atom. The van der Waals surface area contributed by atoms with E-state index in [0.717, 1.165) is 10.0 Å². The molecule has 0 radical (unpaired) electrons. The molecule has 0 atom stereocenters. The van der Waals surface area contributed by atoms with Gasteiger partial charge in [-0.15, -0.1) is 0 Å². The summed E-state index contributed by atoms with van der Waals surface area (Å²) >= 11 is 9.80. The lowest BCUT2D eigenvalue weighted by atomic mass is 10.2. The number of ether oxygens (including phenoxy) is 1. The minimum Gasteiger partial charge on any atom is -0.489 e. The van der Waals surface area contributed by atoms with E-state index in [0.29, 0.717) is 11.1 Å². The average Bonchev–Trinajstić information content (AvgIpc) is 2.44. The third-order valence-corrected chi connectivity index (χ3v) is 4.67. The molecule has 20 heavy (non-hydrogen) atoms. The van der Waals surface area contributed by atoms with Crippen molar-refractivity contribution in [3.63, 3.8) is 0 Å². The van der Waals surface area contributed by atoms with Crippen molar-refractivity contribution in [2.45, 2.75) is 11.9 Å². The maximum absolute atomic E-state index is 13.8. The van der Waals surface area contributed by atoms with Gasteiger partial charge in [0.15, 0.2) is 0 Å². The molecule has 0 bridgehead atoms. The number of rotatable bonds is 4. The normalized spacial score (nSPS) is 10.7. The van der Waals surface area contributed by atoms with Crippen molar-refractivity contribution >= 4 is 47.8 Å². The highest BCUT2D eigenvalue weighted by atomic mass is 79.9. The van der Waals surface area contributed by atoms with Crippen molar-refractivity contribution in [3.05, 3.63) is 62.0 Å². The Morgan fingerprint density at radius 1 is 1.00 bits per heavy atom. The molecular formula is C14H9Br3F2O. The highest BCUT2D eigenvalue weighted by Crippen LogP contribution is 2.27. The molecular weight excluding hydrogens is 462 g/mol. The van der Waals surface area contributed by atoms with E-state index in [1.807, 2.05) is 12.1 Å². The summed E-state index contributed by atoms with van der Waals surface area (Å²) in [6.45, 7) is -0.166. The average molecular weight is 471 g/mol. The molecule has 0 heterocycles. The van der Waals surface area contributed by atoms with Crippen molar-refractivity contribution in [3.8, 4) is 5.75 Å². The fourth-order valence-corrected chi connectivity index (χ4v) is 3.20. The van der Waals surface area contributed by atoms with Gasteiger partial charge in [-0.05, 0) is 51.8 Å². The maximum atomic E-state index is 13.8. The highest BCUT2D eigenvalue weighted by Gasteiger charge is 2.13. The fraction of sp³-hybridized carbons (Fsp3) is 0.143. The van der Waals surface area contributed by atoms with E-state index in [-0.39, 0.29) is 16.6 Å². The predicted molar refractivity (Wildman–Crippen MR) is 85.2 cm³/mol. The zero-order valence-electron chi connectivity index (χ0n) is 10.1. The third kappa shape index (κ3) is 3.59. The van der Waals surface area contributed by atoms with Crippen LogP contribution in [-0.4, -0.2) is 0 Å². The lowest BCUT2D eigenvalue weighted by molar-refractivity contribution is 0.292. The Labute approximate surface area is 140 Å². The quantitative estimate of drug-likeness (QED) is 0.395. The van der Waals surface area contributed by atoms with Gasteiger partial charge in [0, 0.05) is 9.80 Å². The van der Waals surface area contributed by atoms with E-state index in [2.05, 4.69) is 47.8 Å². The van der Waals surface area contributed by atoms with Gasteiger partial charge in [-0.25, -0.2) is 8.78 Å². The lowest BCUT2D eigenvalue weighted by Crippen LogP contribution is -2.03. The van der Waals surface area contributed by atoms with Crippen LogP contribution in [0.5, 0.6) is 5.75 Å². The molecule has 0 fully saturated rings. The molecule has 106 valence electrons. The molecule has 1 nitrogen and oxygen atoms in total. The van der Waals surface area contributed by atoms with Gasteiger partial charge in [0.05, 0.1) is 10.0 Å². The number of hydrogen-bond donors (Lipinski definition) is 0. The summed E-state index contributed by atoms with van der Waals surface area (Å²) in [4.78, 5) is 0. The molecule has 2 aromatic carbocycles. The molecule has 0 amide bonds. The standard InChI is InChI=1S/C14H9Br3F2O/c15-6-8-5-9(1-2-11(8)16)20-7-10-13(18)4-3-12(17)14(10)19/h1-5H,6-7H2. The molecule has 2 aromatic rings. The lowest BCUT2D eigenvalue weighted by Gasteiger charge is -2.10. The number of benzene rings is 2. The Morgan fingerprint density at radius 2 is 1.70 bits per heavy atom. The van der Waals surface area contributed by atoms with Gasteiger partial charge in [-0.3, -0.25) is 0 Å². The number of alkyl halides is 1. The second kappa shape index (κ2) is 7.00. The van der Waals surface area contributed by atoms with Crippen LogP contribution < -0.4 is 4.74 Å². The van der Waals surface area contributed by atoms with Gasteiger partial charge >= 0.3 is 0 Å². The van der Waals surface area contributed by atoms with Gasteiger partial charge in [-0.2, -0.15) is 0 Å². The Bertz CT molecular complexity index is 632. The van der Waals surface area contributed by atoms with Crippen molar-refractivity contribution in [1.29, 1.82) is 0 Å². The second-order valence-corrected chi connectivity index (χ2v) is 6.27. The molecule has 0 N–H and O–H groups in total. The summed E-state index contributed by atoms with van der Waals surface area (Å²) in [7, 11) is 0. The SMILES string of the molecule is Fc1ccc(Br)c(F)c1COc1ccc(Br)c(CBr)c1. The summed E-state index contributed by atoms with van der Waals surface area (Å²) in [5.41, 5.74) is 0.903. The first-order chi connectivity index (χ1) is 9.52. The Hall–Kier alpha value is -0.460. The second-order valence-electron chi connectivity index (χ2n) is 4.00. The van der Waals surface area contributed by atoms with E-state index in [4.69, 9.17) is 4.74 Å². The first-order valence-electron chi connectivity index (χ1n) is 5.62. The van der Waals surface area contributed by atoms with E-state index >= 15 is 0 Å². The zero-order chi connectivity index (χ0) is 14.7. The predicted octanol–water partition coefficient (Wildman–Crippen LogP) is 5.96. The van der Waals surface area contributed by atoms with Crippen LogP contribution in [0.1, 0.15) is 11.1 Å². The van der Waals surface area contributed by atoms with Crippen LogP contribution >= 0.6 is 47.8 Å². The third-order valence-electron chi connectivity index (χ3n) is 2.68. The molecule has 0 aliphatic heterocycles. The summed E-state index contributed by atoms with van der Waals surface area (Å²) in [6, 6.07) is 7.92. The largest absolute Gasteiger partial charge is 0.489 e. The fourth-order valence-electron chi connectivity index (χ4n) is 1.60. The van der Waals surface area contributed by atoms with Gasteiger partial charge in [0.25, 0.3) is 0 Å². The van der Waals surface area contributed by atoms with Crippen molar-refractivity contribution in [2.75, 3.05) is 0 Å². The molecule has 2 rings (SSSR count). The van der Waals surface area contributed by atoms with E-state index in [1.54, 1.807) is 6.07 Å². The summed E-state index contributed by atoms with van der Waals surface area (Å²) in [5, 5.41) is 0.657. The molecule has 0 aliphatic carbocycles. The topological polar surface area (TPSA) is 9.23 Å². The monoisotopic (exact) mass is 468 g/mol. The van der Waals surface area contributed by atoms with Crippen molar-refractivity contribution in [2.24, 2.45) is 0 Å². The smallest absolute Gasteiger partial charge is 0.146 e. The highest BCUT2D eigenvalue weighted by molar-refractivity contribution is 9.11. The van der Waals surface area contributed by atoms with E-state index in [9.17, 15) is 8.78 Å². The van der Waals surface area contributed by atoms with Crippen LogP contribution in [-0.2, 0) is 11.9 Å². The summed E-state index contributed by atoms with van der Waals surface area (Å²) in [6.07, 6.45) is 0. The molecule has 0 unspecified atom stereocenters. The molecule has 0 saturated heterocycles. The number of halogens is 5. The minimum atomic E-state index is -0.636. The first-order valence-corrected chi connectivity index (χ1v) is 8.33.